The second kappa shape index (κ2) is 2.79. The van der Waals surface area contributed by atoms with E-state index in [9.17, 15) is 4.79 Å². The molecular weight excluding hydrogens is 126 g/mol. The zero-order valence-corrected chi connectivity index (χ0v) is 5.24. The Morgan fingerprint density at radius 3 is 2.40 bits per heavy atom. The van der Waals surface area contributed by atoms with Crippen LogP contribution in [0.3, 0.4) is 0 Å². The van der Waals surface area contributed by atoms with Crippen LogP contribution in [0.5, 0.6) is 0 Å². The molecular formula is C8H5NO. The van der Waals surface area contributed by atoms with Crippen LogP contribution in [-0.2, 0) is 0 Å². The van der Waals surface area contributed by atoms with Crippen LogP contribution in [0.4, 0.5) is 0 Å². The van der Waals surface area contributed by atoms with Crippen molar-refractivity contribution in [2.75, 3.05) is 0 Å². The Kier molecular flexibility index (Phi) is 1.81. The first kappa shape index (κ1) is 6.50. The number of hydrogen-bond acceptors (Lipinski definition) is 1. The number of rotatable bonds is 1. The molecule has 0 bridgehead atoms. The molecule has 1 aromatic rings. The zero-order valence-electron chi connectivity index (χ0n) is 5.24. The highest BCUT2D eigenvalue weighted by molar-refractivity contribution is 6.01. The molecule has 0 radical (unpaired) electrons. The summed E-state index contributed by atoms with van der Waals surface area (Å²) in [6.45, 7) is 6.42. The van der Waals surface area contributed by atoms with Gasteiger partial charge in [-0.3, -0.25) is 0 Å². The molecule has 1 rings (SSSR count). The van der Waals surface area contributed by atoms with Crippen molar-refractivity contribution in [2.24, 2.45) is 0 Å². The van der Waals surface area contributed by atoms with Crippen LogP contribution in [-0.4, -0.2) is 5.91 Å². The molecule has 1 aromatic carbocycles. The number of carbonyl (C=O) groups excluding carboxylic acids is 1. The Hall–Kier alpha value is -1.62. The molecule has 0 N–H and O–H groups in total. The third kappa shape index (κ3) is 1.20. The molecule has 10 heavy (non-hydrogen) atoms. The van der Waals surface area contributed by atoms with Gasteiger partial charge in [0.15, 0.2) is 0 Å². The van der Waals surface area contributed by atoms with E-state index in [4.69, 9.17) is 6.57 Å². The van der Waals surface area contributed by atoms with Gasteiger partial charge in [-0.1, -0.05) is 30.3 Å². The molecule has 0 spiro atoms. The molecule has 0 unspecified atom stereocenters. The fourth-order valence-electron chi connectivity index (χ4n) is 0.645. The van der Waals surface area contributed by atoms with Crippen LogP contribution in [0, 0.1) is 6.57 Å². The first-order chi connectivity index (χ1) is 4.84. The quantitative estimate of drug-likeness (QED) is 0.532. The van der Waals surface area contributed by atoms with Crippen LogP contribution < -0.4 is 0 Å². The topological polar surface area (TPSA) is 21.4 Å². The Morgan fingerprint density at radius 2 is 1.90 bits per heavy atom. The lowest BCUT2D eigenvalue weighted by Gasteiger charge is -1.87. The average molecular weight is 131 g/mol. The van der Waals surface area contributed by atoms with Crippen molar-refractivity contribution in [3.8, 4) is 0 Å². The van der Waals surface area contributed by atoms with Gasteiger partial charge in [-0.15, -0.1) is 0 Å². The first-order valence-electron chi connectivity index (χ1n) is 2.81. The summed E-state index contributed by atoms with van der Waals surface area (Å²) in [7, 11) is 0. The van der Waals surface area contributed by atoms with Crippen molar-refractivity contribution >= 4 is 5.91 Å². The molecule has 1 amide bonds. The van der Waals surface area contributed by atoms with Gasteiger partial charge in [0, 0.05) is 5.56 Å². The number of amides is 1. The largest absolute Gasteiger partial charge is 0.385 e. The highest BCUT2D eigenvalue weighted by Crippen LogP contribution is 1.99. The fourth-order valence-corrected chi connectivity index (χ4v) is 0.645. The molecule has 0 saturated carbocycles. The van der Waals surface area contributed by atoms with Crippen LogP contribution >= 0.6 is 0 Å². The van der Waals surface area contributed by atoms with E-state index in [1.165, 1.54) is 0 Å². The third-order valence-corrected chi connectivity index (χ3v) is 1.12. The molecule has 2 nitrogen and oxygen atoms in total. The average Bonchev–Trinajstić information content (AvgIpc) is 2.05. The minimum atomic E-state index is -0.499. The predicted molar refractivity (Wildman–Crippen MR) is 37.4 cm³/mol. The lowest BCUT2D eigenvalue weighted by molar-refractivity contribution is 0.104. The maximum absolute atomic E-state index is 10.7. The standard InChI is InChI=1S/C8H5NO/c1-9-8(10)7-5-3-2-4-6-7/h2-6H. The normalized spacial score (nSPS) is 8.30. The van der Waals surface area contributed by atoms with Crippen molar-refractivity contribution in [1.82, 2.24) is 0 Å². The highest BCUT2D eigenvalue weighted by atomic mass is 16.1. The lowest BCUT2D eigenvalue weighted by atomic mass is 10.2. The number of carbonyl (C=O) groups is 1. The Balaban J connectivity index is 2.99. The van der Waals surface area contributed by atoms with Gasteiger partial charge < -0.3 is 4.79 Å². The summed E-state index contributed by atoms with van der Waals surface area (Å²) in [6.07, 6.45) is 0. The SMILES string of the molecule is [C-]#[N+]C(=O)c1ccccc1. The predicted octanol–water partition coefficient (Wildman–Crippen LogP) is 1.75. The number of nitrogens with zero attached hydrogens (tertiary/aromatic N) is 1. The van der Waals surface area contributed by atoms with Gasteiger partial charge in [0.2, 0.25) is 0 Å². The van der Waals surface area contributed by atoms with E-state index in [1.54, 1.807) is 30.3 Å². The lowest BCUT2D eigenvalue weighted by Crippen LogP contribution is -1.88. The molecule has 0 aliphatic heterocycles. The zero-order chi connectivity index (χ0) is 7.40. The Bertz CT molecular complexity index is 271. The molecule has 0 saturated heterocycles. The summed E-state index contributed by atoms with van der Waals surface area (Å²) in [5.41, 5.74) is 0.456. The third-order valence-electron chi connectivity index (χ3n) is 1.12. The van der Waals surface area contributed by atoms with Crippen molar-refractivity contribution in [3.63, 3.8) is 0 Å². The Morgan fingerprint density at radius 1 is 1.30 bits per heavy atom. The maximum atomic E-state index is 10.7. The van der Waals surface area contributed by atoms with E-state index in [-0.39, 0.29) is 0 Å². The molecule has 2 heteroatoms. The molecule has 0 atom stereocenters. The smallest absolute Gasteiger partial charge is 0.311 e. The highest BCUT2D eigenvalue weighted by Gasteiger charge is 2.00. The van der Waals surface area contributed by atoms with E-state index in [1.807, 2.05) is 0 Å². The van der Waals surface area contributed by atoms with Crippen molar-refractivity contribution in [3.05, 3.63) is 47.3 Å². The van der Waals surface area contributed by atoms with E-state index >= 15 is 0 Å². The molecule has 0 heterocycles. The summed E-state index contributed by atoms with van der Waals surface area (Å²) in [5, 5.41) is 0. The van der Waals surface area contributed by atoms with Gasteiger partial charge in [0.1, 0.15) is 0 Å². The molecule has 0 aliphatic carbocycles. The van der Waals surface area contributed by atoms with E-state index in [0.717, 1.165) is 0 Å². The first-order valence-corrected chi connectivity index (χ1v) is 2.81. The van der Waals surface area contributed by atoms with Crippen molar-refractivity contribution in [2.45, 2.75) is 0 Å². The molecule has 0 aliphatic rings. The summed E-state index contributed by atoms with van der Waals surface area (Å²) in [5.74, 6) is -0.499. The van der Waals surface area contributed by atoms with Gasteiger partial charge >= 0.3 is 5.91 Å². The maximum Gasteiger partial charge on any atom is 0.385 e. The van der Waals surface area contributed by atoms with Gasteiger partial charge in [-0.25, -0.2) is 0 Å². The van der Waals surface area contributed by atoms with Crippen molar-refractivity contribution in [1.29, 1.82) is 0 Å². The number of benzene rings is 1. The van der Waals surface area contributed by atoms with E-state index in [2.05, 4.69) is 4.85 Å². The molecule has 0 fully saturated rings. The van der Waals surface area contributed by atoms with Gasteiger partial charge in [0.25, 0.3) is 0 Å². The molecule has 48 valence electrons. The monoisotopic (exact) mass is 131 g/mol. The second-order valence-electron chi connectivity index (χ2n) is 1.78. The van der Waals surface area contributed by atoms with Crippen molar-refractivity contribution < 1.29 is 4.79 Å². The summed E-state index contributed by atoms with van der Waals surface area (Å²) < 4.78 is 0. The minimum Gasteiger partial charge on any atom is -0.311 e. The van der Waals surface area contributed by atoms with Gasteiger partial charge in [-0.2, -0.15) is 4.85 Å². The summed E-state index contributed by atoms with van der Waals surface area (Å²) in [4.78, 5) is 13.4. The van der Waals surface area contributed by atoms with Gasteiger partial charge in [-0.05, 0) is 0 Å². The second-order valence-corrected chi connectivity index (χ2v) is 1.78. The van der Waals surface area contributed by atoms with Gasteiger partial charge in [0.05, 0.1) is 6.57 Å². The van der Waals surface area contributed by atoms with Crippen LogP contribution in [0.15, 0.2) is 30.3 Å². The molecule has 0 aromatic heterocycles. The Labute approximate surface area is 58.9 Å². The van der Waals surface area contributed by atoms with Crippen LogP contribution in [0.2, 0.25) is 0 Å². The van der Waals surface area contributed by atoms with E-state index in [0.29, 0.717) is 5.56 Å². The van der Waals surface area contributed by atoms with Crippen LogP contribution in [0.1, 0.15) is 10.4 Å². The summed E-state index contributed by atoms with van der Waals surface area (Å²) in [6, 6.07) is 8.53. The van der Waals surface area contributed by atoms with E-state index < -0.39 is 5.91 Å². The minimum absolute atomic E-state index is 0.456. The summed E-state index contributed by atoms with van der Waals surface area (Å²) >= 11 is 0. The van der Waals surface area contributed by atoms with Crippen LogP contribution in [0.25, 0.3) is 4.85 Å². The number of hydrogen-bond donors (Lipinski definition) is 0. The fraction of sp³-hybridized carbons (Fsp3) is 0.